The van der Waals surface area contributed by atoms with E-state index < -0.39 is 12.0 Å². The van der Waals surface area contributed by atoms with Crippen molar-refractivity contribution in [2.24, 2.45) is 5.92 Å². The average Bonchev–Trinajstić information content (AvgIpc) is 2.56. The molecule has 0 fully saturated rings. The first kappa shape index (κ1) is 15.2. The number of nitrogens with one attached hydrogen (secondary N) is 1. The van der Waals surface area contributed by atoms with Crippen molar-refractivity contribution >= 4 is 39.1 Å². The number of aliphatic carboxylic acids is 1. The number of carboxylic acid groups (broad SMARTS) is 1. The fourth-order valence-corrected chi connectivity index (χ4v) is 3.35. The second kappa shape index (κ2) is 6.33. The van der Waals surface area contributed by atoms with Crippen molar-refractivity contribution in [1.29, 1.82) is 0 Å². The number of halogens is 1. The Morgan fingerprint density at radius 2 is 2.11 bits per heavy atom. The minimum atomic E-state index is -1.000. The third-order valence-corrected chi connectivity index (χ3v) is 4.12. The number of carbonyl (C=O) groups is 2. The Labute approximate surface area is 119 Å². The molecule has 0 aliphatic carbocycles. The van der Waals surface area contributed by atoms with Crippen LogP contribution in [0.5, 0.6) is 0 Å². The Balaban J connectivity index is 2.78. The summed E-state index contributed by atoms with van der Waals surface area (Å²) >= 11 is 4.76. The fraction of sp³-hybridized carbons (Fsp3) is 0.500. The molecule has 18 heavy (non-hydrogen) atoms. The van der Waals surface area contributed by atoms with E-state index in [1.165, 1.54) is 11.3 Å². The Kier molecular flexibility index (Phi) is 5.34. The van der Waals surface area contributed by atoms with Crippen molar-refractivity contribution in [3.8, 4) is 0 Å². The number of hydrogen-bond donors (Lipinski definition) is 2. The lowest BCUT2D eigenvalue weighted by Gasteiger charge is -2.16. The molecule has 1 amide bonds. The molecule has 0 aromatic carbocycles. The Morgan fingerprint density at radius 1 is 1.50 bits per heavy atom. The molecule has 0 radical (unpaired) electrons. The van der Waals surface area contributed by atoms with Gasteiger partial charge >= 0.3 is 5.97 Å². The van der Waals surface area contributed by atoms with Gasteiger partial charge in [0.15, 0.2) is 0 Å². The lowest BCUT2D eigenvalue weighted by molar-refractivity contribution is -0.139. The molecule has 1 aromatic rings. The monoisotopic (exact) mass is 333 g/mol. The molecule has 100 valence electrons. The lowest BCUT2D eigenvalue weighted by Crippen LogP contribution is -2.41. The number of carboxylic acids is 1. The molecule has 6 heteroatoms. The van der Waals surface area contributed by atoms with Crippen LogP contribution in [0.25, 0.3) is 0 Å². The van der Waals surface area contributed by atoms with Gasteiger partial charge in [0.1, 0.15) is 6.04 Å². The molecule has 0 aliphatic rings. The van der Waals surface area contributed by atoms with Gasteiger partial charge in [-0.15, -0.1) is 11.3 Å². The normalized spacial score (nSPS) is 12.5. The Hall–Kier alpha value is -0.880. The molecular weight excluding hydrogens is 318 g/mol. The van der Waals surface area contributed by atoms with Crippen LogP contribution in [0.2, 0.25) is 0 Å². The zero-order valence-electron chi connectivity index (χ0n) is 10.5. The largest absolute Gasteiger partial charge is 0.480 e. The highest BCUT2D eigenvalue weighted by Gasteiger charge is 2.23. The molecule has 0 bridgehead atoms. The molecule has 0 spiro atoms. The van der Waals surface area contributed by atoms with Crippen LogP contribution in [0.3, 0.4) is 0 Å². The van der Waals surface area contributed by atoms with E-state index in [4.69, 9.17) is 5.11 Å². The van der Waals surface area contributed by atoms with E-state index in [0.29, 0.717) is 12.0 Å². The van der Waals surface area contributed by atoms with Gasteiger partial charge in [0.2, 0.25) is 0 Å². The second-order valence-electron chi connectivity index (χ2n) is 4.54. The van der Waals surface area contributed by atoms with Crippen molar-refractivity contribution in [2.45, 2.75) is 33.2 Å². The summed E-state index contributed by atoms with van der Waals surface area (Å²) in [5.41, 5.74) is 0.493. The molecule has 0 saturated heterocycles. The predicted molar refractivity (Wildman–Crippen MR) is 75.1 cm³/mol. The summed E-state index contributed by atoms with van der Waals surface area (Å²) in [6.45, 7) is 5.74. The van der Waals surface area contributed by atoms with E-state index >= 15 is 0 Å². The van der Waals surface area contributed by atoms with Crippen molar-refractivity contribution in [2.75, 3.05) is 0 Å². The third kappa shape index (κ3) is 4.10. The quantitative estimate of drug-likeness (QED) is 0.870. The molecule has 4 nitrogen and oxygen atoms in total. The number of thiophene rings is 1. The minimum absolute atomic E-state index is 0.207. The number of amides is 1. The number of rotatable bonds is 5. The topological polar surface area (TPSA) is 66.4 Å². The highest BCUT2D eigenvalue weighted by Crippen LogP contribution is 2.27. The summed E-state index contributed by atoms with van der Waals surface area (Å²) < 4.78 is 0.728. The Morgan fingerprint density at radius 3 is 2.50 bits per heavy atom. The average molecular weight is 334 g/mol. The number of aryl methyl sites for hydroxylation is 1. The van der Waals surface area contributed by atoms with E-state index in [1.807, 2.05) is 20.8 Å². The maximum Gasteiger partial charge on any atom is 0.326 e. The Bertz CT molecular complexity index is 456. The van der Waals surface area contributed by atoms with Crippen molar-refractivity contribution in [1.82, 2.24) is 5.32 Å². The van der Waals surface area contributed by atoms with Gasteiger partial charge < -0.3 is 10.4 Å². The smallest absolute Gasteiger partial charge is 0.326 e. The SMILES string of the molecule is Cc1cc(C(=O)N[C@H](CC(C)C)C(=O)O)c(Br)s1. The van der Waals surface area contributed by atoms with Gasteiger partial charge in [-0.2, -0.15) is 0 Å². The van der Waals surface area contributed by atoms with Gasteiger partial charge in [0.05, 0.1) is 9.35 Å². The van der Waals surface area contributed by atoms with Gasteiger partial charge in [0.25, 0.3) is 5.91 Å². The fourth-order valence-electron chi connectivity index (χ4n) is 1.57. The van der Waals surface area contributed by atoms with E-state index in [1.54, 1.807) is 6.07 Å². The van der Waals surface area contributed by atoms with Crippen molar-refractivity contribution in [3.05, 3.63) is 20.3 Å². The van der Waals surface area contributed by atoms with Gasteiger partial charge in [-0.3, -0.25) is 4.79 Å². The first-order valence-electron chi connectivity index (χ1n) is 5.60. The van der Waals surface area contributed by atoms with E-state index in [2.05, 4.69) is 21.2 Å². The second-order valence-corrected chi connectivity index (χ2v) is 7.11. The molecule has 1 rings (SSSR count). The van der Waals surface area contributed by atoms with Crippen molar-refractivity contribution in [3.63, 3.8) is 0 Å². The summed E-state index contributed by atoms with van der Waals surface area (Å²) in [5, 5.41) is 11.6. The summed E-state index contributed by atoms with van der Waals surface area (Å²) in [6.07, 6.45) is 0.418. The van der Waals surface area contributed by atoms with Crippen LogP contribution < -0.4 is 5.32 Å². The first-order valence-corrected chi connectivity index (χ1v) is 7.21. The third-order valence-electron chi connectivity index (χ3n) is 2.37. The summed E-state index contributed by atoms with van der Waals surface area (Å²) in [7, 11) is 0. The van der Waals surface area contributed by atoms with Crippen LogP contribution in [0.4, 0.5) is 0 Å². The molecule has 1 heterocycles. The van der Waals surface area contributed by atoms with Crippen LogP contribution in [0.15, 0.2) is 9.85 Å². The molecule has 1 atom stereocenters. The zero-order chi connectivity index (χ0) is 13.9. The van der Waals surface area contributed by atoms with Crippen LogP contribution in [0, 0.1) is 12.8 Å². The number of carbonyl (C=O) groups excluding carboxylic acids is 1. The number of hydrogen-bond acceptors (Lipinski definition) is 3. The predicted octanol–water partition coefficient (Wildman–Crippen LogP) is 3.05. The van der Waals surface area contributed by atoms with Gasteiger partial charge in [-0.05, 0) is 41.3 Å². The van der Waals surface area contributed by atoms with Crippen LogP contribution in [0.1, 0.15) is 35.5 Å². The first-order chi connectivity index (χ1) is 8.31. The molecule has 0 unspecified atom stereocenters. The molecule has 0 aliphatic heterocycles. The summed E-state index contributed by atoms with van der Waals surface area (Å²) in [6, 6.07) is 0.905. The van der Waals surface area contributed by atoms with Gasteiger partial charge in [-0.25, -0.2) is 4.79 Å². The molecule has 1 aromatic heterocycles. The summed E-state index contributed by atoms with van der Waals surface area (Å²) in [5.74, 6) is -1.14. The molecular formula is C12H16BrNO3S. The van der Waals surface area contributed by atoms with E-state index in [9.17, 15) is 9.59 Å². The maximum absolute atomic E-state index is 12.0. The molecule has 0 saturated carbocycles. The van der Waals surface area contributed by atoms with Gasteiger partial charge in [-0.1, -0.05) is 13.8 Å². The molecule has 2 N–H and O–H groups in total. The zero-order valence-corrected chi connectivity index (χ0v) is 12.9. The maximum atomic E-state index is 12.0. The van der Waals surface area contributed by atoms with E-state index in [-0.39, 0.29) is 11.8 Å². The standard InChI is InChI=1S/C12H16BrNO3S/c1-6(2)4-9(12(16)17)14-11(15)8-5-7(3)18-10(8)13/h5-6,9H,4H2,1-3H3,(H,14,15)(H,16,17)/t9-/m1/s1. The van der Waals surface area contributed by atoms with Crippen LogP contribution in [-0.2, 0) is 4.79 Å². The van der Waals surface area contributed by atoms with Crippen LogP contribution in [-0.4, -0.2) is 23.0 Å². The van der Waals surface area contributed by atoms with E-state index in [0.717, 1.165) is 8.66 Å². The highest BCUT2D eigenvalue weighted by atomic mass is 79.9. The van der Waals surface area contributed by atoms with Crippen molar-refractivity contribution < 1.29 is 14.7 Å². The highest BCUT2D eigenvalue weighted by molar-refractivity contribution is 9.11. The van der Waals surface area contributed by atoms with Gasteiger partial charge in [0, 0.05) is 4.88 Å². The summed E-state index contributed by atoms with van der Waals surface area (Å²) in [4.78, 5) is 24.0. The minimum Gasteiger partial charge on any atom is -0.480 e. The lowest BCUT2D eigenvalue weighted by atomic mass is 10.0. The van der Waals surface area contributed by atoms with Crippen LogP contribution >= 0.6 is 27.3 Å².